The number of pyridine rings is 1. The number of fused-ring (bicyclic) bond motifs is 1. The summed E-state index contributed by atoms with van der Waals surface area (Å²) in [4.78, 5) is 29.6. The molecule has 3 heterocycles. The van der Waals surface area contributed by atoms with E-state index in [0.29, 0.717) is 22.6 Å². The zero-order chi connectivity index (χ0) is 29.7. The molecule has 3 N–H and O–H groups in total. The summed E-state index contributed by atoms with van der Waals surface area (Å²) in [6.07, 6.45) is -9.83. The van der Waals surface area contributed by atoms with Gasteiger partial charge in [-0.2, -0.15) is 13.2 Å². The Bertz CT molecular complexity index is 1820. The number of nitrogens with one attached hydrogen (secondary N) is 1. The normalized spacial score (nSPS) is 12.1. The Balaban J connectivity index is 1.61. The van der Waals surface area contributed by atoms with E-state index >= 15 is 0 Å². The van der Waals surface area contributed by atoms with Gasteiger partial charge in [0.2, 0.25) is 5.69 Å². The van der Waals surface area contributed by atoms with Crippen LogP contribution in [0, 0.1) is 0 Å². The molecular formula is C25H15F6N4O5S+. The van der Waals surface area contributed by atoms with Crippen LogP contribution >= 0.6 is 11.3 Å². The van der Waals surface area contributed by atoms with Gasteiger partial charge >= 0.3 is 23.9 Å². The van der Waals surface area contributed by atoms with Gasteiger partial charge < -0.3 is 15.2 Å². The molecule has 41 heavy (non-hydrogen) atoms. The predicted molar refractivity (Wildman–Crippen MR) is 132 cm³/mol. The molecule has 0 unspecified atom stereocenters. The first-order valence-corrected chi connectivity index (χ1v) is 12.1. The minimum atomic E-state index is -4.95. The fourth-order valence-electron chi connectivity index (χ4n) is 3.98. The highest BCUT2D eigenvalue weighted by Gasteiger charge is 2.39. The van der Waals surface area contributed by atoms with Crippen LogP contribution < -0.4 is 25.5 Å². The van der Waals surface area contributed by atoms with Crippen LogP contribution in [0.1, 0.15) is 20.9 Å². The lowest BCUT2D eigenvalue weighted by molar-refractivity contribution is -0.672. The molecule has 212 valence electrons. The Morgan fingerprint density at radius 1 is 1.02 bits per heavy atom. The second-order valence-electron chi connectivity index (χ2n) is 8.34. The number of hydrogen-bond acceptors (Lipinski definition) is 8. The number of carbonyl (C=O) groups is 1. The predicted octanol–water partition coefficient (Wildman–Crippen LogP) is 5.26. The third kappa shape index (κ3) is 5.32. The average Bonchev–Trinajstić information content (AvgIpc) is 3.46. The molecule has 0 radical (unpaired) electrons. The van der Waals surface area contributed by atoms with Gasteiger partial charge in [0.05, 0.1) is 24.1 Å². The summed E-state index contributed by atoms with van der Waals surface area (Å²) in [6.45, 7) is 0. The van der Waals surface area contributed by atoms with Gasteiger partial charge in [-0.05, 0) is 52.4 Å². The number of anilines is 1. The summed E-state index contributed by atoms with van der Waals surface area (Å²) >= 11 is 0.535. The highest BCUT2D eigenvalue weighted by atomic mass is 32.1. The van der Waals surface area contributed by atoms with Crippen LogP contribution in [0.4, 0.5) is 32.0 Å². The standard InChI is InChI=1S/C25H14F6N4O5S/c1-38-13-6-2-11(3-7-13)16-10-15(24(26,27)28)17-18(32)21(41-22(17)33-16)20(36)19-23(37)40-34-35(19)12-4-8-14(9-5-12)39-25(29,30)31/h2-10H,1H3,(H2-,32,34,36,37)/p+1. The number of nitrogens with two attached hydrogens (primary N) is 1. The molecule has 0 saturated heterocycles. The number of benzene rings is 2. The van der Waals surface area contributed by atoms with E-state index < -0.39 is 56.9 Å². The number of alkyl halides is 6. The fraction of sp³-hybridized carbons (Fsp3) is 0.120. The molecule has 5 rings (SSSR count). The minimum absolute atomic E-state index is 0.0238. The highest BCUT2D eigenvalue weighted by Crippen LogP contribution is 2.44. The molecule has 5 aromatic rings. The maximum absolute atomic E-state index is 14.1. The van der Waals surface area contributed by atoms with Crippen LogP contribution in [0.5, 0.6) is 11.5 Å². The van der Waals surface area contributed by atoms with Crippen molar-refractivity contribution >= 4 is 33.0 Å². The number of rotatable bonds is 6. The molecule has 0 saturated carbocycles. The number of ether oxygens (including phenoxy) is 2. The van der Waals surface area contributed by atoms with Crippen LogP contribution in [0.3, 0.4) is 0 Å². The molecule has 0 atom stereocenters. The van der Waals surface area contributed by atoms with Crippen molar-refractivity contribution in [2.45, 2.75) is 12.5 Å². The molecule has 0 bridgehead atoms. The first kappa shape index (κ1) is 27.7. The van der Waals surface area contributed by atoms with Gasteiger partial charge in [-0.15, -0.1) is 24.5 Å². The van der Waals surface area contributed by atoms with Crippen LogP contribution in [-0.2, 0) is 6.18 Å². The van der Waals surface area contributed by atoms with E-state index in [1.165, 1.54) is 31.4 Å². The van der Waals surface area contributed by atoms with E-state index in [-0.39, 0.29) is 16.2 Å². The first-order valence-electron chi connectivity index (χ1n) is 11.3. The molecule has 3 aromatic heterocycles. The van der Waals surface area contributed by atoms with Gasteiger partial charge in [0, 0.05) is 23.1 Å². The van der Waals surface area contributed by atoms with Crippen molar-refractivity contribution in [3.05, 3.63) is 81.2 Å². The van der Waals surface area contributed by atoms with Gasteiger partial charge in [-0.25, -0.2) is 9.78 Å². The maximum Gasteiger partial charge on any atom is 0.573 e. The topological polar surface area (TPSA) is 124 Å². The fourth-order valence-corrected chi connectivity index (χ4v) is 5.04. The lowest BCUT2D eigenvalue weighted by Crippen LogP contribution is -2.41. The third-order valence-corrected chi connectivity index (χ3v) is 6.88. The molecule has 0 spiro atoms. The Kier molecular flexibility index (Phi) is 6.73. The Hall–Kier alpha value is -4.86. The van der Waals surface area contributed by atoms with Crippen molar-refractivity contribution in [2.24, 2.45) is 0 Å². The Morgan fingerprint density at radius 2 is 1.66 bits per heavy atom. The molecule has 0 aliphatic rings. The van der Waals surface area contributed by atoms with Gasteiger partial charge in [0.1, 0.15) is 21.2 Å². The summed E-state index contributed by atoms with van der Waals surface area (Å²) in [5.41, 5.74) is 2.70. The molecule has 9 nitrogen and oxygen atoms in total. The number of hydrogen-bond donors (Lipinski definition) is 2. The van der Waals surface area contributed by atoms with Gasteiger partial charge in [0.15, 0.2) is 0 Å². The van der Waals surface area contributed by atoms with Crippen molar-refractivity contribution in [1.29, 1.82) is 0 Å². The van der Waals surface area contributed by atoms with Crippen LogP contribution in [0.2, 0.25) is 0 Å². The largest absolute Gasteiger partial charge is 0.573 e. The van der Waals surface area contributed by atoms with Gasteiger partial charge in [-0.1, -0.05) is 0 Å². The highest BCUT2D eigenvalue weighted by molar-refractivity contribution is 7.21. The second kappa shape index (κ2) is 9.96. The monoisotopic (exact) mass is 597 g/mol. The van der Waals surface area contributed by atoms with E-state index in [2.05, 4.69) is 15.0 Å². The number of thiophene rings is 1. The zero-order valence-electron chi connectivity index (χ0n) is 20.4. The average molecular weight is 597 g/mol. The molecular weight excluding hydrogens is 582 g/mol. The Labute approximate surface area is 228 Å². The second-order valence-corrected chi connectivity index (χ2v) is 9.34. The molecule has 16 heteroatoms. The van der Waals surface area contributed by atoms with Crippen LogP contribution in [0.25, 0.3) is 27.2 Å². The molecule has 0 fully saturated rings. The number of ketones is 1. The molecule has 0 amide bonds. The van der Waals surface area contributed by atoms with Gasteiger partial charge in [-0.3, -0.25) is 9.32 Å². The number of halogens is 6. The number of H-pyrrole nitrogens is 1. The van der Waals surface area contributed by atoms with E-state index in [1.54, 1.807) is 0 Å². The van der Waals surface area contributed by atoms with E-state index in [0.717, 1.165) is 35.0 Å². The Morgan fingerprint density at radius 3 is 2.24 bits per heavy atom. The van der Waals surface area contributed by atoms with Gasteiger partial charge in [0.25, 0.3) is 5.78 Å². The molecule has 0 aliphatic heterocycles. The van der Waals surface area contributed by atoms with Crippen molar-refractivity contribution in [3.63, 3.8) is 0 Å². The summed E-state index contributed by atoms with van der Waals surface area (Å²) in [7, 11) is 1.43. The summed E-state index contributed by atoms with van der Waals surface area (Å²) in [6, 6.07) is 10.9. The summed E-state index contributed by atoms with van der Waals surface area (Å²) in [5.74, 6) is -1.21. The first-order chi connectivity index (χ1) is 19.3. The van der Waals surface area contributed by atoms with Crippen LogP contribution in [0.15, 0.2) is 63.9 Å². The number of carbonyl (C=O) groups excluding carboxylic acids is 1. The molecule has 2 aromatic carbocycles. The number of methoxy groups -OCH3 is 1. The smallest absolute Gasteiger partial charge is 0.497 e. The number of nitrogens with zero attached hydrogens (tertiary/aromatic N) is 2. The van der Waals surface area contributed by atoms with E-state index in [4.69, 9.17) is 15.0 Å². The number of nitrogen functional groups attached to an aromatic ring is 1. The van der Waals surface area contributed by atoms with Crippen molar-refractivity contribution in [3.8, 4) is 28.4 Å². The van der Waals surface area contributed by atoms with E-state index in [9.17, 15) is 35.9 Å². The lowest BCUT2D eigenvalue weighted by Gasteiger charge is -2.11. The van der Waals surface area contributed by atoms with E-state index in [1.807, 2.05) is 0 Å². The zero-order valence-corrected chi connectivity index (χ0v) is 21.2. The molecule has 0 aliphatic carbocycles. The number of aromatic amines is 1. The summed E-state index contributed by atoms with van der Waals surface area (Å²) < 4.78 is 94.2. The van der Waals surface area contributed by atoms with Crippen LogP contribution in [-0.4, -0.2) is 29.5 Å². The lowest BCUT2D eigenvalue weighted by atomic mass is 10.0. The van der Waals surface area contributed by atoms with Crippen molar-refractivity contribution in [1.82, 2.24) is 10.3 Å². The quantitative estimate of drug-likeness (QED) is 0.155. The maximum atomic E-state index is 14.1. The SMILES string of the molecule is COc1ccc(-c2cc(C(F)(F)F)c3c(N)c(C(=O)c4c(=O)o[nH][n+]4-c4ccc(OC(F)(F)F)cc4)sc3n2)cc1. The summed E-state index contributed by atoms with van der Waals surface area (Å²) in [5, 5.41) is 1.62. The number of aromatic nitrogens is 3. The van der Waals surface area contributed by atoms with Crippen molar-refractivity contribution in [2.75, 3.05) is 12.8 Å². The third-order valence-electron chi connectivity index (χ3n) is 5.79. The minimum Gasteiger partial charge on any atom is -0.497 e. The van der Waals surface area contributed by atoms with Crippen molar-refractivity contribution < 1.29 is 49.8 Å².